The Morgan fingerprint density at radius 1 is 1.36 bits per heavy atom. The molecule has 1 unspecified atom stereocenters. The van der Waals surface area contributed by atoms with Crippen molar-refractivity contribution in [1.82, 2.24) is 5.32 Å². The normalized spacial score (nSPS) is 25.9. The number of halogens is 1. The van der Waals surface area contributed by atoms with Crippen molar-refractivity contribution >= 4 is 12.4 Å². The molecule has 1 atom stereocenters. The number of ether oxygens (including phenoxy) is 1. The molecule has 1 aromatic carbocycles. The average molecular weight is 214 g/mol. The summed E-state index contributed by atoms with van der Waals surface area (Å²) < 4.78 is 5.70. The molecule has 1 aliphatic heterocycles. The molecule has 1 aromatic rings. The van der Waals surface area contributed by atoms with E-state index in [1.165, 1.54) is 11.1 Å². The van der Waals surface area contributed by atoms with Gasteiger partial charge in [0.05, 0.1) is 6.61 Å². The van der Waals surface area contributed by atoms with E-state index in [2.05, 4.69) is 43.4 Å². The molecule has 0 amide bonds. The number of rotatable bonds is 1. The molecule has 0 bridgehead atoms. The van der Waals surface area contributed by atoms with Crippen molar-refractivity contribution in [3.05, 3.63) is 35.4 Å². The van der Waals surface area contributed by atoms with Gasteiger partial charge < -0.3 is 4.74 Å². The summed E-state index contributed by atoms with van der Waals surface area (Å²) in [5.41, 5.74) is 2.25. The van der Waals surface area contributed by atoms with Crippen LogP contribution in [0.5, 0.6) is 0 Å². The van der Waals surface area contributed by atoms with Gasteiger partial charge in [0.1, 0.15) is 5.72 Å². The van der Waals surface area contributed by atoms with Crippen LogP contribution in [0.3, 0.4) is 0 Å². The Morgan fingerprint density at radius 2 is 2.07 bits per heavy atom. The molecule has 3 heteroatoms. The smallest absolute Gasteiger partial charge is 0.142 e. The highest BCUT2D eigenvalue weighted by atomic mass is 35.5. The third-order valence-electron chi connectivity index (χ3n) is 2.61. The summed E-state index contributed by atoms with van der Waals surface area (Å²) in [6, 6.07) is 8.34. The fourth-order valence-corrected chi connectivity index (χ4v) is 1.88. The summed E-state index contributed by atoms with van der Waals surface area (Å²) >= 11 is 0. The second-order valence-electron chi connectivity index (χ2n) is 3.62. The van der Waals surface area contributed by atoms with Crippen LogP contribution in [0, 0.1) is 6.92 Å². The highest BCUT2D eigenvalue weighted by Crippen LogP contribution is 2.27. The van der Waals surface area contributed by atoms with Crippen LogP contribution in [-0.4, -0.2) is 13.2 Å². The maximum Gasteiger partial charge on any atom is 0.142 e. The van der Waals surface area contributed by atoms with Crippen LogP contribution in [0.25, 0.3) is 0 Å². The van der Waals surface area contributed by atoms with Crippen LogP contribution in [0.1, 0.15) is 18.1 Å². The lowest BCUT2D eigenvalue weighted by Crippen LogP contribution is -2.35. The molecule has 0 radical (unpaired) electrons. The zero-order valence-electron chi connectivity index (χ0n) is 8.54. The van der Waals surface area contributed by atoms with Gasteiger partial charge in [0.15, 0.2) is 0 Å². The molecular formula is C11H16ClNO. The van der Waals surface area contributed by atoms with Gasteiger partial charge >= 0.3 is 0 Å². The molecule has 0 aromatic heterocycles. The standard InChI is InChI=1S/C11H15NO.ClH/c1-9-5-3-4-6-10(9)11(2)12-7-8-13-11;/h3-6,12H,7-8H2,1-2H3;1H. The van der Waals surface area contributed by atoms with E-state index in [0.29, 0.717) is 0 Å². The van der Waals surface area contributed by atoms with Gasteiger partial charge in [-0.2, -0.15) is 0 Å². The molecule has 1 N–H and O–H groups in total. The fraction of sp³-hybridized carbons (Fsp3) is 0.455. The minimum absolute atomic E-state index is 0. The number of aryl methyl sites for hydroxylation is 1. The van der Waals surface area contributed by atoms with E-state index in [1.54, 1.807) is 0 Å². The quantitative estimate of drug-likeness (QED) is 0.773. The molecule has 0 spiro atoms. The maximum atomic E-state index is 5.70. The molecule has 2 nitrogen and oxygen atoms in total. The summed E-state index contributed by atoms with van der Waals surface area (Å²) in [4.78, 5) is 0. The molecule has 0 aliphatic carbocycles. The fourth-order valence-electron chi connectivity index (χ4n) is 1.88. The van der Waals surface area contributed by atoms with Crippen molar-refractivity contribution in [3.8, 4) is 0 Å². The van der Waals surface area contributed by atoms with Crippen LogP contribution in [-0.2, 0) is 10.5 Å². The number of hydrogen-bond acceptors (Lipinski definition) is 2. The topological polar surface area (TPSA) is 21.3 Å². The maximum absolute atomic E-state index is 5.70. The Bertz CT molecular complexity index is 308. The van der Waals surface area contributed by atoms with Gasteiger partial charge in [0.25, 0.3) is 0 Å². The predicted molar refractivity (Wildman–Crippen MR) is 59.7 cm³/mol. The van der Waals surface area contributed by atoms with Crippen LogP contribution in [0.2, 0.25) is 0 Å². The second kappa shape index (κ2) is 4.30. The summed E-state index contributed by atoms with van der Waals surface area (Å²) in [5.74, 6) is 0. The predicted octanol–water partition coefficient (Wildman–Crippen LogP) is 2.21. The SMILES string of the molecule is Cc1ccccc1C1(C)NCCO1.Cl. The Morgan fingerprint density at radius 3 is 2.64 bits per heavy atom. The Balaban J connectivity index is 0.000000980. The Kier molecular flexibility index (Phi) is 3.53. The van der Waals surface area contributed by atoms with Gasteiger partial charge in [-0.1, -0.05) is 24.3 Å². The van der Waals surface area contributed by atoms with Crippen molar-refractivity contribution in [2.45, 2.75) is 19.6 Å². The number of nitrogens with one attached hydrogen (secondary N) is 1. The van der Waals surface area contributed by atoms with Gasteiger partial charge in [0, 0.05) is 12.1 Å². The van der Waals surface area contributed by atoms with E-state index in [9.17, 15) is 0 Å². The molecule has 78 valence electrons. The van der Waals surface area contributed by atoms with Gasteiger partial charge in [-0.3, -0.25) is 5.32 Å². The summed E-state index contributed by atoms with van der Waals surface area (Å²) in [6.45, 7) is 5.93. The largest absolute Gasteiger partial charge is 0.355 e. The average Bonchev–Trinajstić information content (AvgIpc) is 2.54. The van der Waals surface area contributed by atoms with E-state index in [4.69, 9.17) is 4.74 Å². The molecule has 1 fully saturated rings. The first-order valence-corrected chi connectivity index (χ1v) is 4.67. The lowest BCUT2D eigenvalue weighted by molar-refractivity contribution is 0.00197. The monoisotopic (exact) mass is 213 g/mol. The Labute approximate surface area is 91.1 Å². The highest BCUT2D eigenvalue weighted by molar-refractivity contribution is 5.85. The number of benzene rings is 1. The van der Waals surface area contributed by atoms with Crippen molar-refractivity contribution in [2.24, 2.45) is 0 Å². The van der Waals surface area contributed by atoms with Crippen LogP contribution < -0.4 is 5.32 Å². The first-order chi connectivity index (χ1) is 6.22. The summed E-state index contributed by atoms with van der Waals surface area (Å²) in [5, 5.41) is 3.37. The zero-order valence-corrected chi connectivity index (χ0v) is 9.36. The van der Waals surface area contributed by atoms with Crippen molar-refractivity contribution in [1.29, 1.82) is 0 Å². The summed E-state index contributed by atoms with van der Waals surface area (Å²) in [7, 11) is 0. The van der Waals surface area contributed by atoms with Gasteiger partial charge in [-0.25, -0.2) is 0 Å². The lowest BCUT2D eigenvalue weighted by Gasteiger charge is -2.25. The molecule has 2 rings (SSSR count). The van der Waals surface area contributed by atoms with Gasteiger partial charge in [0.2, 0.25) is 0 Å². The van der Waals surface area contributed by atoms with Crippen molar-refractivity contribution in [2.75, 3.05) is 13.2 Å². The van der Waals surface area contributed by atoms with E-state index >= 15 is 0 Å². The third kappa shape index (κ3) is 1.92. The van der Waals surface area contributed by atoms with Gasteiger partial charge in [-0.05, 0) is 19.4 Å². The molecule has 1 saturated heterocycles. The molecule has 0 saturated carbocycles. The zero-order chi connectivity index (χ0) is 9.31. The molecular weight excluding hydrogens is 198 g/mol. The highest BCUT2D eigenvalue weighted by Gasteiger charge is 2.31. The first kappa shape index (κ1) is 11.5. The van der Waals surface area contributed by atoms with Crippen LogP contribution in [0.15, 0.2) is 24.3 Å². The van der Waals surface area contributed by atoms with E-state index in [1.807, 2.05) is 0 Å². The number of hydrogen-bond donors (Lipinski definition) is 1. The second-order valence-corrected chi connectivity index (χ2v) is 3.62. The van der Waals surface area contributed by atoms with Crippen molar-refractivity contribution in [3.63, 3.8) is 0 Å². The molecule has 14 heavy (non-hydrogen) atoms. The molecule has 1 heterocycles. The van der Waals surface area contributed by atoms with E-state index in [0.717, 1.165) is 13.2 Å². The van der Waals surface area contributed by atoms with Crippen LogP contribution in [0.4, 0.5) is 0 Å². The minimum atomic E-state index is -0.272. The molecule has 1 aliphatic rings. The Hall–Kier alpha value is -0.570. The summed E-state index contributed by atoms with van der Waals surface area (Å²) in [6.07, 6.45) is 0. The van der Waals surface area contributed by atoms with Crippen LogP contribution >= 0.6 is 12.4 Å². The lowest BCUT2D eigenvalue weighted by atomic mass is 10.00. The van der Waals surface area contributed by atoms with E-state index in [-0.39, 0.29) is 18.1 Å². The first-order valence-electron chi connectivity index (χ1n) is 4.67. The van der Waals surface area contributed by atoms with E-state index < -0.39 is 0 Å². The van der Waals surface area contributed by atoms with Crippen molar-refractivity contribution < 1.29 is 4.74 Å². The minimum Gasteiger partial charge on any atom is -0.355 e. The van der Waals surface area contributed by atoms with Gasteiger partial charge in [-0.15, -0.1) is 12.4 Å². The third-order valence-corrected chi connectivity index (χ3v) is 2.61.